The maximum atomic E-state index is 11.1. The molecule has 0 fully saturated rings. The summed E-state index contributed by atoms with van der Waals surface area (Å²) in [5.41, 5.74) is 0. The second-order valence-electron chi connectivity index (χ2n) is 2.93. The lowest BCUT2D eigenvalue weighted by Crippen LogP contribution is -2.14. The van der Waals surface area contributed by atoms with Gasteiger partial charge in [0, 0.05) is 12.2 Å². The highest BCUT2D eigenvalue weighted by molar-refractivity contribution is 5.83. The molecule has 0 spiro atoms. The molecule has 0 bridgehead atoms. The van der Waals surface area contributed by atoms with E-state index in [1.807, 2.05) is 13.8 Å². The van der Waals surface area contributed by atoms with Gasteiger partial charge in [-0.25, -0.2) is 9.59 Å². The van der Waals surface area contributed by atoms with Crippen molar-refractivity contribution in [3.05, 3.63) is 24.3 Å². The standard InChI is InChI=1S/C11H16O4/c1-3-9(4-2)15-11(14)8-6-5-7-10(12)13/h5-9H,3-4H2,1-2H3,(H,12,13). The Bertz CT molecular complexity index is 262. The average Bonchev–Trinajstić information content (AvgIpc) is 2.20. The number of carbonyl (C=O) groups is 2. The van der Waals surface area contributed by atoms with Crippen molar-refractivity contribution in [2.24, 2.45) is 0 Å². The van der Waals surface area contributed by atoms with Crippen LogP contribution in [0.15, 0.2) is 24.3 Å². The Morgan fingerprint density at radius 1 is 1.20 bits per heavy atom. The first-order valence-corrected chi connectivity index (χ1v) is 4.88. The summed E-state index contributed by atoms with van der Waals surface area (Å²) < 4.78 is 5.05. The second kappa shape index (κ2) is 7.79. The molecule has 1 N–H and O–H groups in total. The van der Waals surface area contributed by atoms with E-state index < -0.39 is 11.9 Å². The fraction of sp³-hybridized carbons (Fsp3) is 0.455. The van der Waals surface area contributed by atoms with E-state index in [-0.39, 0.29) is 6.10 Å². The number of carbonyl (C=O) groups excluding carboxylic acids is 1. The topological polar surface area (TPSA) is 63.6 Å². The van der Waals surface area contributed by atoms with Crippen molar-refractivity contribution in [2.75, 3.05) is 0 Å². The normalized spacial score (nSPS) is 11.4. The average molecular weight is 212 g/mol. The van der Waals surface area contributed by atoms with Crippen LogP contribution in [0.1, 0.15) is 26.7 Å². The largest absolute Gasteiger partial charge is 0.478 e. The van der Waals surface area contributed by atoms with Crippen LogP contribution in [-0.4, -0.2) is 23.1 Å². The summed E-state index contributed by atoms with van der Waals surface area (Å²) in [5.74, 6) is -1.49. The third-order valence-electron chi connectivity index (χ3n) is 1.78. The van der Waals surface area contributed by atoms with Gasteiger partial charge in [0.1, 0.15) is 6.10 Å². The van der Waals surface area contributed by atoms with E-state index in [0.717, 1.165) is 18.9 Å². The number of rotatable bonds is 6. The summed E-state index contributed by atoms with van der Waals surface area (Å²) in [6.45, 7) is 3.88. The fourth-order valence-corrected chi connectivity index (χ4v) is 0.931. The van der Waals surface area contributed by atoms with E-state index in [9.17, 15) is 9.59 Å². The molecular formula is C11H16O4. The smallest absolute Gasteiger partial charge is 0.331 e. The lowest BCUT2D eigenvalue weighted by Gasteiger charge is -2.11. The minimum atomic E-state index is -1.05. The summed E-state index contributed by atoms with van der Waals surface area (Å²) in [5, 5.41) is 8.26. The summed E-state index contributed by atoms with van der Waals surface area (Å²) >= 11 is 0. The molecular weight excluding hydrogens is 196 g/mol. The molecule has 0 radical (unpaired) electrons. The molecule has 0 unspecified atom stereocenters. The molecule has 0 aromatic rings. The molecule has 0 aliphatic rings. The van der Waals surface area contributed by atoms with Gasteiger partial charge >= 0.3 is 11.9 Å². The number of ether oxygens (including phenoxy) is 1. The first-order valence-electron chi connectivity index (χ1n) is 4.88. The van der Waals surface area contributed by atoms with E-state index in [1.165, 1.54) is 18.2 Å². The van der Waals surface area contributed by atoms with Crippen LogP contribution in [0.25, 0.3) is 0 Å². The van der Waals surface area contributed by atoms with Crippen molar-refractivity contribution in [1.29, 1.82) is 0 Å². The first kappa shape index (κ1) is 13.4. The predicted molar refractivity (Wildman–Crippen MR) is 56.4 cm³/mol. The van der Waals surface area contributed by atoms with E-state index in [0.29, 0.717) is 0 Å². The van der Waals surface area contributed by atoms with Gasteiger partial charge in [-0.2, -0.15) is 0 Å². The molecule has 0 saturated heterocycles. The number of aliphatic carboxylic acids is 1. The Hall–Kier alpha value is -1.58. The van der Waals surface area contributed by atoms with Crippen LogP contribution in [0.2, 0.25) is 0 Å². The van der Waals surface area contributed by atoms with Crippen molar-refractivity contribution < 1.29 is 19.4 Å². The van der Waals surface area contributed by atoms with Gasteiger partial charge in [0.15, 0.2) is 0 Å². The minimum absolute atomic E-state index is 0.0643. The molecule has 0 rings (SSSR count). The van der Waals surface area contributed by atoms with Crippen LogP contribution in [0.5, 0.6) is 0 Å². The maximum absolute atomic E-state index is 11.1. The molecule has 0 atom stereocenters. The highest BCUT2D eigenvalue weighted by Crippen LogP contribution is 2.03. The van der Waals surface area contributed by atoms with E-state index >= 15 is 0 Å². The van der Waals surface area contributed by atoms with Gasteiger partial charge in [0.2, 0.25) is 0 Å². The summed E-state index contributed by atoms with van der Waals surface area (Å²) in [6, 6.07) is 0. The Morgan fingerprint density at radius 2 is 1.73 bits per heavy atom. The number of esters is 1. The zero-order valence-corrected chi connectivity index (χ0v) is 8.97. The molecule has 15 heavy (non-hydrogen) atoms. The van der Waals surface area contributed by atoms with Crippen LogP contribution in [-0.2, 0) is 14.3 Å². The number of carboxylic acid groups (broad SMARTS) is 1. The molecule has 0 aromatic heterocycles. The first-order chi connectivity index (χ1) is 7.10. The van der Waals surface area contributed by atoms with Crippen LogP contribution in [0, 0.1) is 0 Å². The van der Waals surface area contributed by atoms with Crippen LogP contribution < -0.4 is 0 Å². The number of carboxylic acids is 1. The lowest BCUT2D eigenvalue weighted by molar-refractivity contribution is -0.143. The van der Waals surface area contributed by atoms with Gasteiger partial charge in [0.25, 0.3) is 0 Å². The van der Waals surface area contributed by atoms with Crippen molar-refractivity contribution in [1.82, 2.24) is 0 Å². The van der Waals surface area contributed by atoms with Gasteiger partial charge in [-0.05, 0) is 12.8 Å². The Kier molecular flexibility index (Phi) is 6.97. The molecule has 0 saturated carbocycles. The summed E-state index contributed by atoms with van der Waals surface area (Å²) in [6.07, 6.45) is 6.27. The minimum Gasteiger partial charge on any atom is -0.478 e. The number of hydrogen-bond donors (Lipinski definition) is 1. The summed E-state index contributed by atoms with van der Waals surface area (Å²) in [7, 11) is 0. The van der Waals surface area contributed by atoms with Gasteiger partial charge in [-0.15, -0.1) is 0 Å². The molecule has 0 heterocycles. The van der Waals surface area contributed by atoms with E-state index in [2.05, 4.69) is 0 Å². The molecule has 0 aliphatic carbocycles. The van der Waals surface area contributed by atoms with Gasteiger partial charge in [-0.1, -0.05) is 26.0 Å². The van der Waals surface area contributed by atoms with Crippen LogP contribution >= 0.6 is 0 Å². The molecule has 0 aromatic carbocycles. The van der Waals surface area contributed by atoms with Crippen LogP contribution in [0.3, 0.4) is 0 Å². The van der Waals surface area contributed by atoms with Gasteiger partial charge in [-0.3, -0.25) is 0 Å². The third kappa shape index (κ3) is 7.49. The van der Waals surface area contributed by atoms with Gasteiger partial charge < -0.3 is 9.84 Å². The van der Waals surface area contributed by atoms with Crippen molar-refractivity contribution in [3.63, 3.8) is 0 Å². The predicted octanol–water partition coefficient (Wildman–Crippen LogP) is 1.92. The summed E-state index contributed by atoms with van der Waals surface area (Å²) in [4.78, 5) is 21.2. The fourth-order valence-electron chi connectivity index (χ4n) is 0.931. The quantitative estimate of drug-likeness (QED) is 0.415. The van der Waals surface area contributed by atoms with E-state index in [1.54, 1.807) is 0 Å². The third-order valence-corrected chi connectivity index (χ3v) is 1.78. The highest BCUT2D eigenvalue weighted by atomic mass is 16.5. The Balaban J connectivity index is 3.97. The number of allylic oxidation sites excluding steroid dienone is 2. The molecule has 0 aliphatic heterocycles. The monoisotopic (exact) mass is 212 g/mol. The lowest BCUT2D eigenvalue weighted by atomic mass is 10.2. The molecule has 0 amide bonds. The van der Waals surface area contributed by atoms with E-state index in [4.69, 9.17) is 9.84 Å². The second-order valence-corrected chi connectivity index (χ2v) is 2.93. The maximum Gasteiger partial charge on any atom is 0.331 e. The molecule has 4 nitrogen and oxygen atoms in total. The Morgan fingerprint density at radius 3 is 2.20 bits per heavy atom. The van der Waals surface area contributed by atoms with Crippen LogP contribution in [0.4, 0.5) is 0 Å². The SMILES string of the molecule is CCC(CC)OC(=O)C=CC=CC(=O)O. The number of hydrogen-bond acceptors (Lipinski definition) is 3. The van der Waals surface area contributed by atoms with Crippen molar-refractivity contribution in [3.8, 4) is 0 Å². The Labute approximate surface area is 89.2 Å². The molecule has 84 valence electrons. The van der Waals surface area contributed by atoms with Gasteiger partial charge in [0.05, 0.1) is 0 Å². The zero-order valence-electron chi connectivity index (χ0n) is 8.97. The highest BCUT2D eigenvalue weighted by Gasteiger charge is 2.06. The molecule has 4 heteroatoms. The zero-order chi connectivity index (χ0) is 11.7. The van der Waals surface area contributed by atoms with Crippen molar-refractivity contribution in [2.45, 2.75) is 32.8 Å². The van der Waals surface area contributed by atoms with Crippen molar-refractivity contribution >= 4 is 11.9 Å².